The Morgan fingerprint density at radius 3 is 2.92 bits per heavy atom. The second-order valence-electron chi connectivity index (χ2n) is 2.23. The van der Waals surface area contributed by atoms with Gasteiger partial charge in [0.2, 0.25) is 0 Å². The minimum Gasteiger partial charge on any atom is -0.508 e. The van der Waals surface area contributed by atoms with Crippen LogP contribution in [0.4, 0.5) is 0 Å². The normalized spacial score (nSPS) is 9.33. The van der Waals surface area contributed by atoms with E-state index in [9.17, 15) is 0 Å². The minimum atomic E-state index is 0.213. The van der Waals surface area contributed by atoms with Gasteiger partial charge in [0.25, 0.3) is 0 Å². The third kappa shape index (κ3) is 1.93. The lowest BCUT2D eigenvalue weighted by atomic mass is 10.2. The first-order valence-corrected chi connectivity index (χ1v) is 4.62. The summed E-state index contributed by atoms with van der Waals surface area (Å²) in [6, 6.07) is 6.85. The van der Waals surface area contributed by atoms with Crippen molar-refractivity contribution in [1.29, 1.82) is 5.26 Å². The van der Waals surface area contributed by atoms with E-state index in [-0.39, 0.29) is 5.75 Å². The summed E-state index contributed by atoms with van der Waals surface area (Å²) in [5, 5.41) is 17.8. The molecule has 0 atom stereocenters. The van der Waals surface area contributed by atoms with Gasteiger partial charge in [0.15, 0.2) is 0 Å². The molecule has 1 aromatic carbocycles. The van der Waals surface area contributed by atoms with Gasteiger partial charge >= 0.3 is 0 Å². The zero-order valence-electron chi connectivity index (χ0n) is 6.74. The predicted molar refractivity (Wildman–Crippen MR) is 49.2 cm³/mol. The van der Waals surface area contributed by atoms with Crippen molar-refractivity contribution >= 4 is 11.8 Å². The van der Waals surface area contributed by atoms with Crippen LogP contribution < -0.4 is 0 Å². The fourth-order valence-electron chi connectivity index (χ4n) is 0.878. The first kappa shape index (κ1) is 8.95. The average molecular weight is 179 g/mol. The molecule has 0 heterocycles. The number of nitriles is 1. The van der Waals surface area contributed by atoms with E-state index in [1.165, 1.54) is 6.07 Å². The summed E-state index contributed by atoms with van der Waals surface area (Å²) in [7, 11) is 0. The van der Waals surface area contributed by atoms with E-state index in [2.05, 4.69) is 6.07 Å². The number of aromatic hydroxyl groups is 1. The third-order valence-corrected chi connectivity index (χ3v) is 2.32. The summed E-state index contributed by atoms with van der Waals surface area (Å²) >= 11 is 1.56. The van der Waals surface area contributed by atoms with Crippen LogP contribution in [-0.4, -0.2) is 10.9 Å². The fraction of sp³-hybridized carbons (Fsp3) is 0.222. The number of hydrogen-bond acceptors (Lipinski definition) is 3. The van der Waals surface area contributed by atoms with Crippen LogP contribution in [-0.2, 0) is 0 Å². The van der Waals surface area contributed by atoms with Gasteiger partial charge in [-0.3, -0.25) is 0 Å². The Morgan fingerprint density at radius 1 is 1.58 bits per heavy atom. The summed E-state index contributed by atoms with van der Waals surface area (Å²) in [5.41, 5.74) is 0.625. The Balaban J connectivity index is 3.06. The van der Waals surface area contributed by atoms with Crippen molar-refractivity contribution in [3.8, 4) is 11.8 Å². The van der Waals surface area contributed by atoms with Gasteiger partial charge < -0.3 is 5.11 Å². The summed E-state index contributed by atoms with van der Waals surface area (Å²) in [6.07, 6.45) is 0. The molecule has 2 nitrogen and oxygen atoms in total. The van der Waals surface area contributed by atoms with Crippen molar-refractivity contribution < 1.29 is 5.11 Å². The Labute approximate surface area is 75.8 Å². The van der Waals surface area contributed by atoms with Crippen molar-refractivity contribution in [2.24, 2.45) is 0 Å². The molecule has 0 spiro atoms. The number of phenolic OH excluding ortho intramolecular Hbond substituents is 1. The first-order valence-electron chi connectivity index (χ1n) is 3.64. The average Bonchev–Trinajstić information content (AvgIpc) is 2.05. The van der Waals surface area contributed by atoms with E-state index >= 15 is 0 Å². The van der Waals surface area contributed by atoms with Crippen molar-refractivity contribution in [3.63, 3.8) is 0 Å². The van der Waals surface area contributed by atoms with Gasteiger partial charge in [-0.05, 0) is 24.0 Å². The number of benzene rings is 1. The van der Waals surface area contributed by atoms with Gasteiger partial charge in [0, 0.05) is 4.90 Å². The molecule has 0 aromatic heterocycles. The molecule has 0 fully saturated rings. The number of thioether (sulfide) groups is 1. The number of nitrogens with zero attached hydrogens (tertiary/aromatic N) is 1. The zero-order chi connectivity index (χ0) is 8.97. The molecule has 1 N–H and O–H groups in total. The monoisotopic (exact) mass is 179 g/mol. The third-order valence-electron chi connectivity index (χ3n) is 1.39. The summed E-state index contributed by atoms with van der Waals surface area (Å²) in [6.45, 7) is 2.01. The molecule has 0 bridgehead atoms. The zero-order valence-corrected chi connectivity index (χ0v) is 7.56. The van der Waals surface area contributed by atoms with Gasteiger partial charge in [0.05, 0.1) is 5.56 Å². The molecule has 0 aliphatic heterocycles. The lowest BCUT2D eigenvalue weighted by molar-refractivity contribution is 0.473. The smallest absolute Gasteiger partial charge is 0.116 e. The highest BCUT2D eigenvalue weighted by molar-refractivity contribution is 7.99. The molecule has 62 valence electrons. The van der Waals surface area contributed by atoms with Gasteiger partial charge in [-0.15, -0.1) is 11.8 Å². The van der Waals surface area contributed by atoms with Crippen molar-refractivity contribution in [2.75, 3.05) is 5.75 Å². The van der Waals surface area contributed by atoms with Gasteiger partial charge in [0.1, 0.15) is 11.8 Å². The Morgan fingerprint density at radius 2 is 2.33 bits per heavy atom. The standard InChI is InChI=1S/C9H9NOS/c1-2-12-9-5-8(11)4-3-7(9)6-10/h3-5,11H,2H2,1H3. The van der Waals surface area contributed by atoms with E-state index in [1.807, 2.05) is 6.92 Å². The molecule has 1 rings (SSSR count). The molecular weight excluding hydrogens is 170 g/mol. The summed E-state index contributed by atoms with van der Waals surface area (Å²) < 4.78 is 0. The molecule has 0 radical (unpaired) electrons. The number of hydrogen-bond donors (Lipinski definition) is 1. The lowest BCUT2D eigenvalue weighted by Gasteiger charge is -2.01. The Hall–Kier alpha value is -1.14. The van der Waals surface area contributed by atoms with Crippen LogP contribution in [0.1, 0.15) is 12.5 Å². The van der Waals surface area contributed by atoms with E-state index in [4.69, 9.17) is 10.4 Å². The van der Waals surface area contributed by atoms with Crippen LogP contribution in [0, 0.1) is 11.3 Å². The van der Waals surface area contributed by atoms with Crippen LogP contribution >= 0.6 is 11.8 Å². The van der Waals surface area contributed by atoms with E-state index in [0.717, 1.165) is 10.6 Å². The predicted octanol–water partition coefficient (Wildman–Crippen LogP) is 2.38. The summed E-state index contributed by atoms with van der Waals surface area (Å²) in [5.74, 6) is 1.11. The molecule has 0 saturated heterocycles. The van der Waals surface area contributed by atoms with Gasteiger partial charge in [-0.1, -0.05) is 6.92 Å². The Bertz CT molecular complexity index is 317. The van der Waals surface area contributed by atoms with Gasteiger partial charge in [-0.2, -0.15) is 5.26 Å². The molecular formula is C9H9NOS. The maximum absolute atomic E-state index is 9.14. The molecule has 0 amide bonds. The molecule has 0 aliphatic rings. The highest BCUT2D eigenvalue weighted by atomic mass is 32.2. The van der Waals surface area contributed by atoms with E-state index < -0.39 is 0 Å². The quantitative estimate of drug-likeness (QED) is 0.709. The Kier molecular flexibility index (Phi) is 3.01. The maximum Gasteiger partial charge on any atom is 0.116 e. The van der Waals surface area contributed by atoms with Gasteiger partial charge in [-0.25, -0.2) is 0 Å². The minimum absolute atomic E-state index is 0.213. The molecule has 3 heteroatoms. The molecule has 0 saturated carbocycles. The van der Waals surface area contributed by atoms with E-state index in [0.29, 0.717) is 5.56 Å². The van der Waals surface area contributed by atoms with Crippen LogP contribution in [0.15, 0.2) is 23.1 Å². The van der Waals surface area contributed by atoms with Crippen molar-refractivity contribution in [2.45, 2.75) is 11.8 Å². The molecule has 12 heavy (non-hydrogen) atoms. The van der Waals surface area contributed by atoms with Crippen LogP contribution in [0.3, 0.4) is 0 Å². The number of phenols is 1. The van der Waals surface area contributed by atoms with Crippen molar-refractivity contribution in [3.05, 3.63) is 23.8 Å². The highest BCUT2D eigenvalue weighted by Crippen LogP contribution is 2.25. The maximum atomic E-state index is 9.14. The first-order chi connectivity index (χ1) is 5.77. The van der Waals surface area contributed by atoms with Crippen LogP contribution in [0.2, 0.25) is 0 Å². The van der Waals surface area contributed by atoms with E-state index in [1.54, 1.807) is 23.9 Å². The lowest BCUT2D eigenvalue weighted by Crippen LogP contribution is -1.80. The second-order valence-corrected chi connectivity index (χ2v) is 3.53. The SMILES string of the molecule is CCSc1cc(O)ccc1C#N. The highest BCUT2D eigenvalue weighted by Gasteiger charge is 2.01. The second kappa shape index (κ2) is 4.03. The summed E-state index contributed by atoms with van der Waals surface area (Å²) in [4.78, 5) is 0.847. The fourth-order valence-corrected chi connectivity index (χ4v) is 1.66. The molecule has 0 unspecified atom stereocenters. The van der Waals surface area contributed by atoms with Crippen molar-refractivity contribution in [1.82, 2.24) is 0 Å². The molecule has 0 aliphatic carbocycles. The van der Waals surface area contributed by atoms with Crippen LogP contribution in [0.25, 0.3) is 0 Å². The largest absolute Gasteiger partial charge is 0.508 e. The topological polar surface area (TPSA) is 44.0 Å². The molecule has 1 aromatic rings. The van der Waals surface area contributed by atoms with Crippen LogP contribution in [0.5, 0.6) is 5.75 Å². The number of rotatable bonds is 2.